The lowest BCUT2D eigenvalue weighted by molar-refractivity contribution is 0.0987. The fourth-order valence-corrected chi connectivity index (χ4v) is 3.71. The number of fused-ring (bicyclic) bond motifs is 1. The zero-order valence-electron chi connectivity index (χ0n) is 16.2. The summed E-state index contributed by atoms with van der Waals surface area (Å²) >= 11 is 0. The van der Waals surface area contributed by atoms with Gasteiger partial charge in [-0.05, 0) is 30.9 Å². The van der Waals surface area contributed by atoms with E-state index in [2.05, 4.69) is 26.1 Å². The number of imidazole rings is 1. The lowest BCUT2D eigenvalue weighted by Crippen LogP contribution is -2.11. The van der Waals surface area contributed by atoms with Crippen molar-refractivity contribution in [2.45, 2.75) is 31.7 Å². The summed E-state index contributed by atoms with van der Waals surface area (Å²) in [5, 5.41) is 13.7. The summed E-state index contributed by atoms with van der Waals surface area (Å²) in [7, 11) is 0. The fraction of sp³-hybridized carbons (Fsp3) is 0.273. The Labute approximate surface area is 172 Å². The summed E-state index contributed by atoms with van der Waals surface area (Å²) in [4.78, 5) is 26.1. The molecule has 4 aromatic rings. The van der Waals surface area contributed by atoms with Crippen LogP contribution in [0.4, 0.5) is 0 Å². The summed E-state index contributed by atoms with van der Waals surface area (Å²) in [6, 6.07) is 9.55. The van der Waals surface area contributed by atoms with E-state index in [1.807, 2.05) is 39.7 Å². The first-order valence-electron chi connectivity index (χ1n) is 9.91. The Morgan fingerprint density at radius 2 is 2.17 bits per heavy atom. The van der Waals surface area contributed by atoms with Gasteiger partial charge in [-0.25, -0.2) is 9.97 Å². The first-order valence-corrected chi connectivity index (χ1v) is 9.91. The van der Waals surface area contributed by atoms with Crippen molar-refractivity contribution in [3.8, 4) is 17.5 Å². The van der Waals surface area contributed by atoms with E-state index < -0.39 is 0 Å². The molecule has 5 rings (SSSR count). The average Bonchev–Trinajstić information content (AvgIpc) is 3.29. The van der Waals surface area contributed by atoms with Crippen LogP contribution in [0.15, 0.2) is 55.2 Å². The predicted molar refractivity (Wildman–Crippen MR) is 108 cm³/mol. The zero-order chi connectivity index (χ0) is 20.5. The highest BCUT2D eigenvalue weighted by atomic mass is 16.1. The number of nitrogens with zero attached hydrogens (tertiary/aromatic N) is 7. The molecule has 1 saturated carbocycles. The molecule has 0 amide bonds. The molecule has 1 aliphatic rings. The van der Waals surface area contributed by atoms with Gasteiger partial charge in [0.25, 0.3) is 0 Å². The number of hydrogen-bond donors (Lipinski definition) is 0. The van der Waals surface area contributed by atoms with E-state index in [1.54, 1.807) is 24.7 Å². The van der Waals surface area contributed by atoms with Crippen molar-refractivity contribution in [2.75, 3.05) is 0 Å². The van der Waals surface area contributed by atoms with Crippen molar-refractivity contribution in [3.05, 3.63) is 66.6 Å². The van der Waals surface area contributed by atoms with Crippen LogP contribution in [0, 0.1) is 17.2 Å². The van der Waals surface area contributed by atoms with Crippen LogP contribution in [0.1, 0.15) is 41.5 Å². The van der Waals surface area contributed by atoms with Gasteiger partial charge in [0.1, 0.15) is 17.2 Å². The normalized spacial score (nSPS) is 14.5. The second-order valence-electron chi connectivity index (χ2n) is 7.52. The van der Waals surface area contributed by atoms with Gasteiger partial charge in [0, 0.05) is 36.5 Å². The van der Waals surface area contributed by atoms with E-state index in [-0.39, 0.29) is 18.2 Å². The number of Topliss-reactive ketones (excluding diaryl/α,β-unsaturated/α-hetero) is 1. The number of aromatic nitrogens is 6. The number of pyridine rings is 1. The third kappa shape index (κ3) is 3.46. The molecule has 0 N–H and O–H groups in total. The number of hydrogen-bond acceptors (Lipinski definition) is 6. The van der Waals surface area contributed by atoms with Gasteiger partial charge in [-0.3, -0.25) is 18.9 Å². The molecule has 0 aromatic carbocycles. The molecule has 8 heteroatoms. The van der Waals surface area contributed by atoms with Gasteiger partial charge in [0.2, 0.25) is 0 Å². The molecule has 1 fully saturated rings. The highest BCUT2D eigenvalue weighted by Crippen LogP contribution is 2.41. The Hall–Kier alpha value is -3.86. The third-order valence-corrected chi connectivity index (χ3v) is 5.41. The van der Waals surface area contributed by atoms with Crippen molar-refractivity contribution in [1.29, 1.82) is 5.26 Å². The van der Waals surface area contributed by atoms with Crippen LogP contribution < -0.4 is 0 Å². The Morgan fingerprint density at radius 1 is 1.27 bits per heavy atom. The minimum atomic E-state index is -0.117. The average molecular weight is 397 g/mol. The van der Waals surface area contributed by atoms with Crippen LogP contribution in [-0.2, 0) is 6.42 Å². The van der Waals surface area contributed by atoms with E-state index in [0.717, 1.165) is 18.4 Å². The van der Waals surface area contributed by atoms with Crippen molar-refractivity contribution >= 4 is 11.4 Å². The molecule has 0 radical (unpaired) electrons. The van der Waals surface area contributed by atoms with E-state index >= 15 is 0 Å². The standard InChI is InChI=1S/C22H19N7O/c23-7-6-19(15-4-5-15)29-14-16(13-26-29)22-27-18(12-21-25-9-10-28(21)22)20(30)11-17-3-1-2-8-24-17/h1-3,8-10,12-15,19H,4-6,11H2. The lowest BCUT2D eigenvalue weighted by Gasteiger charge is -2.12. The second-order valence-corrected chi connectivity index (χ2v) is 7.52. The Morgan fingerprint density at radius 3 is 2.93 bits per heavy atom. The molecule has 1 atom stereocenters. The minimum absolute atomic E-state index is 0.0796. The predicted octanol–water partition coefficient (Wildman–Crippen LogP) is 3.28. The summed E-state index contributed by atoms with van der Waals surface area (Å²) < 4.78 is 3.71. The monoisotopic (exact) mass is 397 g/mol. The van der Waals surface area contributed by atoms with Crippen LogP contribution in [0.3, 0.4) is 0 Å². The molecular formula is C22H19N7O. The van der Waals surface area contributed by atoms with Gasteiger partial charge in [0.05, 0.1) is 36.7 Å². The quantitative estimate of drug-likeness (QED) is 0.444. The maximum atomic E-state index is 12.9. The number of carbonyl (C=O) groups excluding carboxylic acids is 1. The molecule has 30 heavy (non-hydrogen) atoms. The number of ketones is 1. The third-order valence-electron chi connectivity index (χ3n) is 5.41. The summed E-state index contributed by atoms with van der Waals surface area (Å²) in [5.74, 6) is 0.991. The van der Waals surface area contributed by atoms with Crippen LogP contribution in [0.2, 0.25) is 0 Å². The molecule has 1 unspecified atom stereocenters. The number of carbonyl (C=O) groups is 1. The second kappa shape index (κ2) is 7.52. The zero-order valence-corrected chi connectivity index (χ0v) is 16.2. The fourth-order valence-electron chi connectivity index (χ4n) is 3.71. The summed E-state index contributed by atoms with van der Waals surface area (Å²) in [6.07, 6.45) is 11.7. The van der Waals surface area contributed by atoms with Crippen LogP contribution in [0.25, 0.3) is 17.0 Å². The van der Waals surface area contributed by atoms with Gasteiger partial charge in [-0.2, -0.15) is 10.4 Å². The van der Waals surface area contributed by atoms with E-state index in [4.69, 9.17) is 0 Å². The number of rotatable bonds is 7. The van der Waals surface area contributed by atoms with E-state index in [1.165, 1.54) is 0 Å². The van der Waals surface area contributed by atoms with Crippen molar-refractivity contribution < 1.29 is 4.79 Å². The van der Waals surface area contributed by atoms with Crippen LogP contribution >= 0.6 is 0 Å². The van der Waals surface area contributed by atoms with Crippen molar-refractivity contribution in [1.82, 2.24) is 29.1 Å². The molecule has 0 spiro atoms. The van der Waals surface area contributed by atoms with Crippen molar-refractivity contribution in [2.24, 2.45) is 5.92 Å². The summed E-state index contributed by atoms with van der Waals surface area (Å²) in [5.41, 5.74) is 2.48. The first-order chi connectivity index (χ1) is 14.7. The van der Waals surface area contributed by atoms with Crippen molar-refractivity contribution in [3.63, 3.8) is 0 Å². The largest absolute Gasteiger partial charge is 0.292 e. The van der Waals surface area contributed by atoms with Crippen LogP contribution in [-0.4, -0.2) is 34.9 Å². The smallest absolute Gasteiger partial charge is 0.187 e. The molecule has 0 saturated heterocycles. The maximum Gasteiger partial charge on any atom is 0.187 e. The van der Waals surface area contributed by atoms with E-state index in [0.29, 0.717) is 35.2 Å². The minimum Gasteiger partial charge on any atom is -0.292 e. The molecule has 1 aliphatic carbocycles. The lowest BCUT2D eigenvalue weighted by atomic mass is 10.1. The van der Waals surface area contributed by atoms with Crippen LogP contribution in [0.5, 0.6) is 0 Å². The Bertz CT molecular complexity index is 1250. The molecular weight excluding hydrogens is 378 g/mol. The first kappa shape index (κ1) is 18.2. The highest BCUT2D eigenvalue weighted by Gasteiger charge is 2.33. The van der Waals surface area contributed by atoms with Gasteiger partial charge >= 0.3 is 0 Å². The Balaban J connectivity index is 1.51. The van der Waals surface area contributed by atoms with Gasteiger partial charge in [0.15, 0.2) is 5.78 Å². The van der Waals surface area contributed by atoms with Gasteiger partial charge < -0.3 is 0 Å². The SMILES string of the molecule is N#CCC(C1CC1)n1cc(-c2nc(C(=O)Cc3ccccn3)cc3nccn23)cn1. The van der Waals surface area contributed by atoms with E-state index in [9.17, 15) is 10.1 Å². The molecule has 0 aliphatic heterocycles. The van der Waals surface area contributed by atoms with Gasteiger partial charge in [-0.1, -0.05) is 6.07 Å². The highest BCUT2D eigenvalue weighted by molar-refractivity contribution is 5.96. The molecule has 148 valence electrons. The molecule has 4 heterocycles. The Kier molecular flexibility index (Phi) is 4.56. The molecule has 8 nitrogen and oxygen atoms in total. The summed E-state index contributed by atoms with van der Waals surface area (Å²) in [6.45, 7) is 0. The van der Waals surface area contributed by atoms with Gasteiger partial charge in [-0.15, -0.1) is 0 Å². The topological polar surface area (TPSA) is 102 Å². The maximum absolute atomic E-state index is 12.9. The molecule has 4 aromatic heterocycles. The molecule has 0 bridgehead atoms. The number of nitriles is 1.